The number of carbonyl (C=O) groups excluding carboxylic acids is 1. The first kappa shape index (κ1) is 14.9. The third-order valence-electron chi connectivity index (χ3n) is 4.25. The van der Waals surface area contributed by atoms with Gasteiger partial charge in [0.25, 0.3) is 0 Å². The van der Waals surface area contributed by atoms with E-state index in [9.17, 15) is 18.0 Å². The zero-order chi connectivity index (χ0) is 14.9. The Morgan fingerprint density at radius 1 is 1.25 bits per heavy atom. The molecule has 2 rings (SSSR count). The Labute approximate surface area is 116 Å². The van der Waals surface area contributed by atoms with Crippen molar-refractivity contribution >= 4 is 5.91 Å². The van der Waals surface area contributed by atoms with Crippen LogP contribution in [0.3, 0.4) is 0 Å². The van der Waals surface area contributed by atoms with Crippen molar-refractivity contribution < 1.29 is 18.0 Å². The second-order valence-corrected chi connectivity index (χ2v) is 5.52. The lowest BCUT2D eigenvalue weighted by atomic mass is 9.66. The molecule has 1 fully saturated rings. The van der Waals surface area contributed by atoms with Gasteiger partial charge in [-0.05, 0) is 37.0 Å². The van der Waals surface area contributed by atoms with Crippen molar-refractivity contribution in [2.24, 2.45) is 5.41 Å². The maximum absolute atomic E-state index is 13.2. The molecule has 1 aliphatic carbocycles. The number of halogens is 3. The van der Waals surface area contributed by atoms with Gasteiger partial charge in [-0.2, -0.15) is 0 Å². The summed E-state index contributed by atoms with van der Waals surface area (Å²) in [6.07, 6.45) is 3.52. The number of amides is 1. The second kappa shape index (κ2) is 5.46. The fraction of sp³-hybridized carbons (Fsp3) is 0.533. The lowest BCUT2D eigenvalue weighted by Crippen LogP contribution is -2.45. The van der Waals surface area contributed by atoms with Gasteiger partial charge in [-0.3, -0.25) is 4.79 Å². The van der Waals surface area contributed by atoms with Gasteiger partial charge in [0.1, 0.15) is 0 Å². The molecule has 0 aliphatic heterocycles. The predicted molar refractivity (Wildman–Crippen MR) is 69.4 cm³/mol. The van der Waals surface area contributed by atoms with Gasteiger partial charge in [-0.25, -0.2) is 13.2 Å². The molecule has 0 spiro atoms. The average molecular weight is 285 g/mol. The topological polar surface area (TPSA) is 20.3 Å². The third-order valence-corrected chi connectivity index (χ3v) is 4.25. The second-order valence-electron chi connectivity index (χ2n) is 5.52. The van der Waals surface area contributed by atoms with E-state index in [1.54, 1.807) is 7.05 Å². The first-order chi connectivity index (χ1) is 9.39. The van der Waals surface area contributed by atoms with Crippen molar-refractivity contribution in [3.63, 3.8) is 0 Å². The summed E-state index contributed by atoms with van der Waals surface area (Å²) in [5, 5.41) is 0. The van der Waals surface area contributed by atoms with Gasteiger partial charge in [-0.1, -0.05) is 13.3 Å². The van der Waals surface area contributed by atoms with Gasteiger partial charge >= 0.3 is 0 Å². The van der Waals surface area contributed by atoms with Gasteiger partial charge in [0.05, 0.1) is 0 Å². The Kier molecular flexibility index (Phi) is 4.06. The van der Waals surface area contributed by atoms with Crippen LogP contribution in [0, 0.1) is 22.9 Å². The van der Waals surface area contributed by atoms with Gasteiger partial charge < -0.3 is 4.90 Å². The number of hydrogen-bond acceptors (Lipinski definition) is 1. The monoisotopic (exact) mass is 285 g/mol. The highest BCUT2D eigenvalue weighted by atomic mass is 19.2. The Hall–Kier alpha value is -1.52. The number of rotatable bonds is 4. The minimum atomic E-state index is -1.48. The Bertz CT molecular complexity index is 497. The summed E-state index contributed by atoms with van der Waals surface area (Å²) in [5.74, 6) is -3.94. The zero-order valence-corrected chi connectivity index (χ0v) is 11.7. The molecule has 0 unspecified atom stereocenters. The highest BCUT2D eigenvalue weighted by Gasteiger charge is 2.43. The maximum Gasteiger partial charge on any atom is 0.228 e. The fourth-order valence-electron chi connectivity index (χ4n) is 2.77. The van der Waals surface area contributed by atoms with Gasteiger partial charge in [-0.15, -0.1) is 0 Å². The normalized spacial score (nSPS) is 16.6. The number of carbonyl (C=O) groups is 1. The summed E-state index contributed by atoms with van der Waals surface area (Å²) in [4.78, 5) is 13.9. The molecule has 1 aromatic rings. The maximum atomic E-state index is 13.2. The molecule has 1 aliphatic rings. The average Bonchev–Trinajstić information content (AvgIpc) is 2.35. The lowest BCUT2D eigenvalue weighted by molar-refractivity contribution is -0.147. The fourth-order valence-corrected chi connectivity index (χ4v) is 2.77. The molecule has 5 heteroatoms. The number of benzene rings is 1. The summed E-state index contributed by atoms with van der Waals surface area (Å²) < 4.78 is 39.2. The standard InChI is InChI=1S/C15H18F3NO/c1-3-15(5-4-6-15)14(20)19(2)9-10-7-11(16)13(18)12(17)8-10/h7-8H,3-6,9H2,1-2H3. The number of hydrogen-bond donors (Lipinski definition) is 0. The molecule has 0 heterocycles. The largest absolute Gasteiger partial charge is 0.341 e. The van der Waals surface area contributed by atoms with E-state index in [4.69, 9.17) is 0 Å². The Balaban J connectivity index is 2.12. The van der Waals surface area contributed by atoms with Gasteiger partial charge in [0.15, 0.2) is 17.5 Å². The molecule has 20 heavy (non-hydrogen) atoms. The molecule has 110 valence electrons. The first-order valence-electron chi connectivity index (χ1n) is 6.78. The van der Waals surface area contributed by atoms with E-state index >= 15 is 0 Å². The smallest absolute Gasteiger partial charge is 0.228 e. The van der Waals surface area contributed by atoms with Crippen molar-refractivity contribution in [2.45, 2.75) is 39.2 Å². The first-order valence-corrected chi connectivity index (χ1v) is 6.78. The van der Waals surface area contributed by atoms with E-state index in [0.29, 0.717) is 0 Å². The van der Waals surface area contributed by atoms with Crippen molar-refractivity contribution in [1.29, 1.82) is 0 Å². The summed E-state index contributed by atoms with van der Waals surface area (Å²) in [6.45, 7) is 2.05. The van der Waals surface area contributed by atoms with Crippen LogP contribution in [0.2, 0.25) is 0 Å². The molecule has 1 saturated carbocycles. The van der Waals surface area contributed by atoms with E-state index in [1.807, 2.05) is 6.92 Å². The quantitative estimate of drug-likeness (QED) is 0.773. The summed E-state index contributed by atoms with van der Waals surface area (Å²) in [7, 11) is 1.61. The van der Waals surface area contributed by atoms with Crippen molar-refractivity contribution in [3.05, 3.63) is 35.1 Å². The SMILES string of the molecule is CCC1(C(=O)N(C)Cc2cc(F)c(F)c(F)c2)CCC1. The van der Waals surface area contributed by atoms with Crippen LogP contribution in [-0.4, -0.2) is 17.9 Å². The molecule has 1 amide bonds. The van der Waals surface area contributed by atoms with E-state index in [1.165, 1.54) is 4.90 Å². The van der Waals surface area contributed by atoms with Crippen molar-refractivity contribution in [2.75, 3.05) is 7.05 Å². The predicted octanol–water partition coefficient (Wildman–Crippen LogP) is 3.64. The molecule has 0 atom stereocenters. The Morgan fingerprint density at radius 2 is 1.80 bits per heavy atom. The molecule has 0 aromatic heterocycles. The summed E-state index contributed by atoms with van der Waals surface area (Å²) in [6, 6.07) is 1.86. The highest BCUT2D eigenvalue weighted by Crippen LogP contribution is 2.45. The van der Waals surface area contributed by atoms with Gasteiger partial charge in [0, 0.05) is 19.0 Å². The molecular formula is C15H18F3NO. The van der Waals surface area contributed by atoms with Gasteiger partial charge in [0.2, 0.25) is 5.91 Å². The van der Waals surface area contributed by atoms with Crippen LogP contribution in [-0.2, 0) is 11.3 Å². The van der Waals surface area contributed by atoms with Crippen LogP contribution < -0.4 is 0 Å². The molecule has 1 aromatic carbocycles. The van der Waals surface area contributed by atoms with E-state index in [2.05, 4.69) is 0 Å². The van der Waals surface area contributed by atoms with Crippen LogP contribution in [0.5, 0.6) is 0 Å². The van der Waals surface area contributed by atoms with E-state index < -0.39 is 17.5 Å². The minimum Gasteiger partial charge on any atom is -0.341 e. The summed E-state index contributed by atoms with van der Waals surface area (Å²) >= 11 is 0. The Morgan fingerprint density at radius 3 is 2.20 bits per heavy atom. The molecule has 2 nitrogen and oxygen atoms in total. The molecular weight excluding hydrogens is 267 g/mol. The van der Waals surface area contributed by atoms with E-state index in [-0.39, 0.29) is 23.4 Å². The van der Waals surface area contributed by atoms with Crippen molar-refractivity contribution in [3.8, 4) is 0 Å². The lowest BCUT2D eigenvalue weighted by Gasteiger charge is -2.42. The van der Waals surface area contributed by atoms with Crippen LogP contribution >= 0.6 is 0 Å². The highest BCUT2D eigenvalue weighted by molar-refractivity contribution is 5.83. The van der Waals surface area contributed by atoms with Crippen molar-refractivity contribution in [1.82, 2.24) is 4.90 Å². The van der Waals surface area contributed by atoms with Crippen LogP contribution in [0.15, 0.2) is 12.1 Å². The van der Waals surface area contributed by atoms with Crippen LogP contribution in [0.25, 0.3) is 0 Å². The zero-order valence-electron chi connectivity index (χ0n) is 11.7. The minimum absolute atomic E-state index is 0.00334. The third kappa shape index (κ3) is 2.53. The molecule has 0 radical (unpaired) electrons. The molecule has 0 N–H and O–H groups in total. The van der Waals surface area contributed by atoms with E-state index in [0.717, 1.165) is 37.8 Å². The van der Waals surface area contributed by atoms with Crippen LogP contribution in [0.1, 0.15) is 38.2 Å². The molecule has 0 bridgehead atoms. The number of nitrogens with zero attached hydrogens (tertiary/aromatic N) is 1. The summed E-state index contributed by atoms with van der Waals surface area (Å²) in [5.41, 5.74) is -0.0610. The van der Waals surface area contributed by atoms with Crippen LogP contribution in [0.4, 0.5) is 13.2 Å². The molecule has 0 saturated heterocycles.